The fraction of sp³-hybridized carbons (Fsp3) is 0.450. The molecular weight excluding hydrogens is 380 g/mol. The highest BCUT2D eigenvalue weighted by Gasteiger charge is 2.28. The monoisotopic (exact) mass is 402 g/mol. The van der Waals surface area contributed by atoms with E-state index in [-0.39, 0.29) is 11.9 Å². The quantitative estimate of drug-likeness (QED) is 0.725. The standard InChI is InChI=1S/C20H23ClN4O3/c1-12-16(13(2)23-22-12)6-8-19(26)24-9-3-4-15(11-24)25-17-10-14(21)5-7-18(17)28-20(25)27/h5,7,10,15H,3-4,6,8-9,11H2,1-2H3,(H,22,23)/t15-/m1/s1. The molecule has 1 amide bonds. The Morgan fingerprint density at radius 3 is 2.96 bits per heavy atom. The number of likely N-dealkylation sites (tertiary alicyclic amines) is 1. The fourth-order valence-corrected chi connectivity index (χ4v) is 4.24. The van der Waals surface area contributed by atoms with Gasteiger partial charge in [0.15, 0.2) is 5.58 Å². The number of hydrogen-bond acceptors (Lipinski definition) is 4. The topological polar surface area (TPSA) is 84.1 Å². The van der Waals surface area contributed by atoms with E-state index >= 15 is 0 Å². The van der Waals surface area contributed by atoms with Crippen molar-refractivity contribution in [3.63, 3.8) is 0 Å². The number of aromatic amines is 1. The number of hydrogen-bond donors (Lipinski definition) is 1. The molecule has 1 N–H and O–H groups in total. The van der Waals surface area contributed by atoms with E-state index in [0.717, 1.165) is 29.8 Å². The number of carbonyl (C=O) groups excluding carboxylic acids is 1. The number of carbonyl (C=O) groups is 1. The number of benzene rings is 1. The molecule has 1 saturated heterocycles. The third-order valence-electron chi connectivity index (χ3n) is 5.56. The van der Waals surface area contributed by atoms with Gasteiger partial charge in [0.1, 0.15) is 0 Å². The summed E-state index contributed by atoms with van der Waals surface area (Å²) in [5.74, 6) is -0.301. The van der Waals surface area contributed by atoms with Gasteiger partial charge >= 0.3 is 5.76 Å². The van der Waals surface area contributed by atoms with Crippen molar-refractivity contribution in [2.75, 3.05) is 13.1 Å². The molecule has 1 aliphatic heterocycles. The first-order valence-electron chi connectivity index (χ1n) is 9.53. The number of rotatable bonds is 4. The lowest BCUT2D eigenvalue weighted by Gasteiger charge is -2.33. The number of piperidine rings is 1. The summed E-state index contributed by atoms with van der Waals surface area (Å²) in [5.41, 5.74) is 4.25. The van der Waals surface area contributed by atoms with Gasteiger partial charge in [-0.25, -0.2) is 4.79 Å². The van der Waals surface area contributed by atoms with Crippen LogP contribution in [0.4, 0.5) is 0 Å². The lowest BCUT2D eigenvalue weighted by Crippen LogP contribution is -2.42. The minimum Gasteiger partial charge on any atom is -0.408 e. The van der Waals surface area contributed by atoms with Crippen LogP contribution < -0.4 is 5.76 Å². The molecule has 148 valence electrons. The first-order valence-corrected chi connectivity index (χ1v) is 9.90. The van der Waals surface area contributed by atoms with E-state index < -0.39 is 5.76 Å². The van der Waals surface area contributed by atoms with E-state index in [1.165, 1.54) is 0 Å². The number of amides is 1. The number of nitrogens with one attached hydrogen (secondary N) is 1. The van der Waals surface area contributed by atoms with Gasteiger partial charge in [-0.1, -0.05) is 11.6 Å². The summed E-state index contributed by atoms with van der Waals surface area (Å²) in [7, 11) is 0. The maximum absolute atomic E-state index is 12.8. The van der Waals surface area contributed by atoms with Gasteiger partial charge in [-0.2, -0.15) is 5.10 Å². The summed E-state index contributed by atoms with van der Waals surface area (Å²) >= 11 is 6.10. The second-order valence-electron chi connectivity index (χ2n) is 7.40. The van der Waals surface area contributed by atoms with Crippen LogP contribution in [0, 0.1) is 13.8 Å². The number of H-pyrrole nitrogens is 1. The Morgan fingerprint density at radius 1 is 1.39 bits per heavy atom. The molecule has 7 nitrogen and oxygen atoms in total. The Bertz CT molecular complexity index is 1060. The molecule has 3 heterocycles. The zero-order valence-corrected chi connectivity index (χ0v) is 16.8. The molecule has 1 fully saturated rings. The predicted octanol–water partition coefficient (Wildman–Crippen LogP) is 3.38. The number of nitrogens with zero attached hydrogens (tertiary/aromatic N) is 3. The van der Waals surface area contributed by atoms with Crippen molar-refractivity contribution >= 4 is 28.6 Å². The van der Waals surface area contributed by atoms with Crippen LogP contribution >= 0.6 is 11.6 Å². The van der Waals surface area contributed by atoms with Crippen molar-refractivity contribution in [1.82, 2.24) is 19.7 Å². The van der Waals surface area contributed by atoms with Crippen molar-refractivity contribution in [3.8, 4) is 0 Å². The average molecular weight is 403 g/mol. The second kappa shape index (κ2) is 7.47. The minimum absolute atomic E-state index is 0.101. The molecule has 0 aliphatic carbocycles. The minimum atomic E-state index is -0.402. The number of halogens is 1. The first-order chi connectivity index (χ1) is 13.4. The maximum Gasteiger partial charge on any atom is 0.420 e. The third-order valence-corrected chi connectivity index (χ3v) is 5.79. The van der Waals surface area contributed by atoms with Crippen LogP contribution in [0.15, 0.2) is 27.4 Å². The van der Waals surface area contributed by atoms with Crippen molar-refractivity contribution < 1.29 is 9.21 Å². The predicted molar refractivity (Wildman–Crippen MR) is 107 cm³/mol. The SMILES string of the molecule is Cc1n[nH]c(C)c1CCC(=O)N1CCC[C@@H](n2c(=O)oc3ccc(Cl)cc32)C1. The number of oxazole rings is 1. The summed E-state index contributed by atoms with van der Waals surface area (Å²) in [6.45, 7) is 5.13. The fourth-order valence-electron chi connectivity index (χ4n) is 4.08. The molecular formula is C20H23ClN4O3. The Hall–Kier alpha value is -2.54. The van der Waals surface area contributed by atoms with Crippen LogP contribution in [0.5, 0.6) is 0 Å². The molecule has 3 aromatic rings. The van der Waals surface area contributed by atoms with Gasteiger partial charge in [-0.15, -0.1) is 0 Å². The van der Waals surface area contributed by atoms with Crippen molar-refractivity contribution in [2.45, 2.75) is 45.6 Å². The first kappa shape index (κ1) is 18.8. The van der Waals surface area contributed by atoms with E-state index in [1.807, 2.05) is 18.7 Å². The highest BCUT2D eigenvalue weighted by molar-refractivity contribution is 6.31. The maximum atomic E-state index is 12.8. The Kier molecular flexibility index (Phi) is 5.02. The summed E-state index contributed by atoms with van der Waals surface area (Å²) < 4.78 is 7.00. The summed E-state index contributed by atoms with van der Waals surface area (Å²) in [6, 6.07) is 5.04. The molecule has 4 rings (SSSR count). The number of fused-ring (bicyclic) bond motifs is 1. The van der Waals surface area contributed by atoms with Gasteiger partial charge < -0.3 is 9.32 Å². The molecule has 1 atom stereocenters. The summed E-state index contributed by atoms with van der Waals surface area (Å²) in [5, 5.41) is 7.70. The largest absolute Gasteiger partial charge is 0.420 e. The van der Waals surface area contributed by atoms with E-state index in [9.17, 15) is 9.59 Å². The van der Waals surface area contributed by atoms with Crippen LogP contribution in [0.3, 0.4) is 0 Å². The van der Waals surface area contributed by atoms with Gasteiger partial charge in [-0.05, 0) is 56.9 Å². The average Bonchev–Trinajstić information content (AvgIpc) is 3.17. The van der Waals surface area contributed by atoms with E-state index in [4.69, 9.17) is 16.0 Å². The molecule has 0 unspecified atom stereocenters. The second-order valence-corrected chi connectivity index (χ2v) is 7.83. The molecule has 0 radical (unpaired) electrons. The Labute approximate surface area is 167 Å². The van der Waals surface area contributed by atoms with E-state index in [2.05, 4.69) is 10.2 Å². The van der Waals surface area contributed by atoms with Crippen molar-refractivity contribution in [2.24, 2.45) is 0 Å². The smallest absolute Gasteiger partial charge is 0.408 e. The van der Waals surface area contributed by atoms with Gasteiger partial charge in [0.2, 0.25) is 5.91 Å². The van der Waals surface area contributed by atoms with Crippen molar-refractivity contribution in [3.05, 3.63) is 50.7 Å². The van der Waals surface area contributed by atoms with Crippen LogP contribution in [0.1, 0.15) is 42.3 Å². The number of aryl methyl sites for hydroxylation is 2. The summed E-state index contributed by atoms with van der Waals surface area (Å²) in [6.07, 6.45) is 2.77. The molecule has 0 saturated carbocycles. The number of aromatic nitrogens is 3. The van der Waals surface area contributed by atoms with Crippen LogP contribution in [-0.2, 0) is 11.2 Å². The highest BCUT2D eigenvalue weighted by Crippen LogP contribution is 2.27. The van der Waals surface area contributed by atoms with Gasteiger partial charge in [0.05, 0.1) is 17.3 Å². The molecule has 1 aliphatic rings. The van der Waals surface area contributed by atoms with E-state index in [0.29, 0.717) is 42.1 Å². The van der Waals surface area contributed by atoms with E-state index in [1.54, 1.807) is 22.8 Å². The third kappa shape index (κ3) is 3.46. The molecule has 2 aromatic heterocycles. The molecule has 28 heavy (non-hydrogen) atoms. The van der Waals surface area contributed by atoms with Gasteiger partial charge in [0, 0.05) is 30.2 Å². The van der Waals surface area contributed by atoms with Crippen LogP contribution in [0.2, 0.25) is 5.02 Å². The highest BCUT2D eigenvalue weighted by atomic mass is 35.5. The summed E-state index contributed by atoms with van der Waals surface area (Å²) in [4.78, 5) is 27.1. The van der Waals surface area contributed by atoms with Crippen molar-refractivity contribution in [1.29, 1.82) is 0 Å². The Morgan fingerprint density at radius 2 is 2.21 bits per heavy atom. The zero-order valence-electron chi connectivity index (χ0n) is 16.0. The lowest BCUT2D eigenvalue weighted by atomic mass is 10.0. The van der Waals surface area contributed by atoms with Gasteiger partial charge in [-0.3, -0.25) is 14.5 Å². The van der Waals surface area contributed by atoms with Crippen LogP contribution in [0.25, 0.3) is 11.1 Å². The van der Waals surface area contributed by atoms with Gasteiger partial charge in [0.25, 0.3) is 0 Å². The zero-order chi connectivity index (χ0) is 19.8. The molecule has 0 bridgehead atoms. The van der Waals surface area contributed by atoms with Crippen LogP contribution in [-0.4, -0.2) is 38.7 Å². The normalized spacial score (nSPS) is 17.4. The molecule has 1 aromatic carbocycles. The Balaban J connectivity index is 1.50. The molecule has 0 spiro atoms. The lowest BCUT2D eigenvalue weighted by molar-refractivity contribution is -0.132. The molecule has 8 heteroatoms.